The number of anilines is 1. The molecule has 6 aliphatic rings. The fourth-order valence-corrected chi connectivity index (χ4v) is 14.0. The maximum Gasteiger partial charge on any atom is 0.329 e. The Kier molecular flexibility index (Phi) is 12.0. The minimum absolute atomic E-state index is 0.139. The van der Waals surface area contributed by atoms with E-state index in [9.17, 15) is 19.8 Å². The molecule has 1 amide bonds. The third-order valence-corrected chi connectivity index (χ3v) is 17.3. The number of carbonyl (C=O) groups excluding carboxylic acids is 2. The van der Waals surface area contributed by atoms with Gasteiger partial charge in [0.25, 0.3) is 0 Å². The Balaban J connectivity index is 0.756. The number of benzene rings is 1. The second-order valence-corrected chi connectivity index (χ2v) is 21.5. The van der Waals surface area contributed by atoms with Gasteiger partial charge in [-0.25, -0.2) is 24.4 Å². The Labute approximate surface area is 385 Å². The molecule has 4 aromatic rings. The van der Waals surface area contributed by atoms with Crippen molar-refractivity contribution in [3.8, 4) is 0 Å². The number of amides is 1. The molecule has 0 spiro atoms. The van der Waals surface area contributed by atoms with Crippen molar-refractivity contribution in [3.63, 3.8) is 0 Å². The van der Waals surface area contributed by atoms with Gasteiger partial charge in [0, 0.05) is 12.8 Å². The maximum atomic E-state index is 13.8. The molecule has 5 heterocycles. The van der Waals surface area contributed by atoms with Crippen molar-refractivity contribution < 1.29 is 38.7 Å². The molecule has 0 radical (unpaired) electrons. The van der Waals surface area contributed by atoms with E-state index in [2.05, 4.69) is 51.4 Å². The lowest BCUT2D eigenvalue weighted by Gasteiger charge is -2.62. The summed E-state index contributed by atoms with van der Waals surface area (Å²) in [4.78, 5) is 40.4. The summed E-state index contributed by atoms with van der Waals surface area (Å²) in [6, 6.07) is 8.69. The summed E-state index contributed by atoms with van der Waals surface area (Å²) in [5, 5.41) is 34.2. The number of nitrogens with zero attached hydrogens (tertiary/aromatic N) is 7. The zero-order valence-corrected chi connectivity index (χ0v) is 38.9. The zero-order valence-electron chi connectivity index (χ0n) is 38.9. The number of aromatic nitrogens is 7. The number of nitrogens with two attached hydrogens (primary N) is 1. The largest absolute Gasteiger partial charge is 0.457 e. The predicted octanol–water partition coefficient (Wildman–Crippen LogP) is 5.30. The van der Waals surface area contributed by atoms with Gasteiger partial charge in [0.2, 0.25) is 5.91 Å². The van der Waals surface area contributed by atoms with Crippen LogP contribution in [0.4, 0.5) is 5.82 Å². The molecule has 6 fully saturated rings. The van der Waals surface area contributed by atoms with Gasteiger partial charge in [0.1, 0.15) is 48.5 Å². The highest BCUT2D eigenvalue weighted by atomic mass is 16.8. The van der Waals surface area contributed by atoms with Gasteiger partial charge in [0.05, 0.1) is 31.3 Å². The van der Waals surface area contributed by atoms with Crippen LogP contribution in [0.25, 0.3) is 11.2 Å². The number of imidazole rings is 1. The van der Waals surface area contributed by atoms with Gasteiger partial charge in [-0.05, 0) is 124 Å². The number of carbonyl (C=O) groups is 2. The van der Waals surface area contributed by atoms with Crippen LogP contribution in [0.3, 0.4) is 0 Å². The molecular formula is C49H67N9O8. The molecule has 2 saturated heterocycles. The lowest BCUT2D eigenvalue weighted by Crippen LogP contribution is -2.58. The topological polar surface area (TPSA) is 224 Å². The summed E-state index contributed by atoms with van der Waals surface area (Å²) >= 11 is 0. The first-order valence-electron chi connectivity index (χ1n) is 24.3. The SMILES string of the molecule is CC(CCC(=O)N[C@@H](Cc1ccccc1)C(=O)OCc1cn(CC2OC(n3cnc4c(N)ncnc43)[C@@H]3OC(C)(C)O[C@H]23)nn1)[C@H]1CCC2C3CCC4C[C@H](O)CC[C@]4(C)C3C[C@H](O)[C@@]21C. The maximum absolute atomic E-state index is 13.8. The molecule has 66 heavy (non-hydrogen) atoms. The van der Waals surface area contributed by atoms with Crippen molar-refractivity contribution in [1.82, 2.24) is 39.8 Å². The number of nitrogens with one attached hydrogen (secondary N) is 1. The Morgan fingerprint density at radius 3 is 2.61 bits per heavy atom. The third kappa shape index (κ3) is 8.19. The predicted molar refractivity (Wildman–Crippen MR) is 240 cm³/mol. The van der Waals surface area contributed by atoms with Crippen LogP contribution >= 0.6 is 0 Å². The van der Waals surface area contributed by atoms with Crippen LogP contribution in [0, 0.1) is 46.3 Å². The van der Waals surface area contributed by atoms with Crippen molar-refractivity contribution in [1.29, 1.82) is 0 Å². The highest BCUT2D eigenvalue weighted by molar-refractivity contribution is 5.84. The van der Waals surface area contributed by atoms with E-state index in [0.29, 0.717) is 52.9 Å². The number of ether oxygens (including phenoxy) is 4. The summed E-state index contributed by atoms with van der Waals surface area (Å²) in [6.45, 7) is 10.9. The zero-order chi connectivity index (χ0) is 46.1. The van der Waals surface area contributed by atoms with E-state index in [1.807, 2.05) is 44.2 Å². The quantitative estimate of drug-likeness (QED) is 0.125. The Hall–Kier alpha value is -4.55. The van der Waals surface area contributed by atoms with Gasteiger partial charge in [-0.2, -0.15) is 0 Å². The average Bonchev–Trinajstić information content (AvgIpc) is 4.12. The number of nitrogen functional groups attached to an aromatic ring is 1. The number of fused-ring (bicyclic) bond motifs is 7. The van der Waals surface area contributed by atoms with Crippen molar-refractivity contribution in [2.45, 2.75) is 167 Å². The standard InChI is InChI=1S/C49H67N9O8/c1-27(33-14-15-34-32-13-12-29-20-31(59)17-18-48(29,4)35(32)21-38(60)49(33,34)5)11-16-39(61)54-36(19-28-9-7-6-8-10-28)46(62)63-24-30-22-57(56-55-30)23-37-41-42(66-47(2,3)65-41)45(64-37)58-26-53-40-43(50)51-25-52-44(40)58/h6-10,22,25-27,29,31-38,41-42,45,59-60H,11-21,23-24H2,1-5H3,(H,54,61)(H2,50,51,52)/t27?,29?,31-,32?,33-,34?,35?,36+,37?,38+,41-,42-,45?,48+,49-/m1/s1. The van der Waals surface area contributed by atoms with Gasteiger partial charge >= 0.3 is 5.97 Å². The molecule has 1 aromatic carbocycles. The van der Waals surface area contributed by atoms with Gasteiger partial charge in [0.15, 0.2) is 23.5 Å². The van der Waals surface area contributed by atoms with Crippen molar-refractivity contribution >= 4 is 28.9 Å². The number of aliphatic hydroxyl groups is 2. The molecule has 7 unspecified atom stereocenters. The van der Waals surface area contributed by atoms with Crippen LogP contribution in [0.15, 0.2) is 49.2 Å². The summed E-state index contributed by atoms with van der Waals surface area (Å²) < 4.78 is 28.4. The van der Waals surface area contributed by atoms with Crippen LogP contribution in [0.5, 0.6) is 0 Å². The summed E-state index contributed by atoms with van der Waals surface area (Å²) in [5.74, 6) is 1.29. The number of rotatable bonds is 13. The number of hydrogen-bond donors (Lipinski definition) is 4. The van der Waals surface area contributed by atoms with Gasteiger partial charge in [-0.3, -0.25) is 9.36 Å². The molecule has 5 N–H and O–H groups in total. The summed E-state index contributed by atoms with van der Waals surface area (Å²) in [5.41, 5.74) is 8.37. The molecular weight excluding hydrogens is 843 g/mol. The van der Waals surface area contributed by atoms with E-state index in [1.54, 1.807) is 21.8 Å². The first-order chi connectivity index (χ1) is 31.6. The highest BCUT2D eigenvalue weighted by Crippen LogP contribution is 2.68. The fourth-order valence-electron chi connectivity index (χ4n) is 14.0. The minimum atomic E-state index is -0.906. The molecule has 15 atom stereocenters. The second-order valence-electron chi connectivity index (χ2n) is 21.5. The molecule has 4 aliphatic carbocycles. The van der Waals surface area contributed by atoms with Crippen LogP contribution in [0.2, 0.25) is 0 Å². The van der Waals surface area contributed by atoms with Crippen LogP contribution in [0.1, 0.15) is 116 Å². The lowest BCUT2D eigenvalue weighted by atomic mass is 9.43. The molecule has 10 rings (SSSR count). The second kappa shape index (κ2) is 17.5. The normalized spacial score (nSPS) is 36.5. The third-order valence-electron chi connectivity index (χ3n) is 17.3. The Morgan fingerprint density at radius 1 is 0.985 bits per heavy atom. The number of aliphatic hydroxyl groups excluding tert-OH is 2. The van der Waals surface area contributed by atoms with Crippen LogP contribution in [-0.4, -0.2) is 99.0 Å². The van der Waals surface area contributed by atoms with E-state index in [0.717, 1.165) is 44.1 Å². The van der Waals surface area contributed by atoms with E-state index in [-0.39, 0.29) is 66.7 Å². The molecule has 3 aromatic heterocycles. The number of esters is 1. The molecule has 356 valence electrons. The molecule has 17 heteroatoms. The van der Waals surface area contributed by atoms with Crippen molar-refractivity contribution in [3.05, 3.63) is 60.4 Å². The summed E-state index contributed by atoms with van der Waals surface area (Å²) in [7, 11) is 0. The van der Waals surface area contributed by atoms with E-state index in [4.69, 9.17) is 24.7 Å². The average molecular weight is 910 g/mol. The smallest absolute Gasteiger partial charge is 0.329 e. The van der Waals surface area contributed by atoms with E-state index in [1.165, 1.54) is 19.2 Å². The van der Waals surface area contributed by atoms with Gasteiger partial charge in [-0.1, -0.05) is 56.3 Å². The van der Waals surface area contributed by atoms with E-state index < -0.39 is 42.3 Å². The monoisotopic (exact) mass is 910 g/mol. The fraction of sp³-hybridized carbons (Fsp3) is 0.694. The minimum Gasteiger partial charge on any atom is -0.457 e. The summed E-state index contributed by atoms with van der Waals surface area (Å²) in [6.07, 6.45) is 11.5. The first-order valence-corrected chi connectivity index (χ1v) is 24.3. The number of hydrogen-bond acceptors (Lipinski definition) is 14. The van der Waals surface area contributed by atoms with Crippen molar-refractivity contribution in [2.75, 3.05) is 5.73 Å². The van der Waals surface area contributed by atoms with E-state index >= 15 is 0 Å². The molecule has 2 aliphatic heterocycles. The van der Waals surface area contributed by atoms with Crippen LogP contribution in [-0.2, 0) is 48.1 Å². The Bertz CT molecular complexity index is 2400. The molecule has 4 saturated carbocycles. The highest BCUT2D eigenvalue weighted by Gasteiger charge is 2.64. The molecule has 0 bridgehead atoms. The van der Waals surface area contributed by atoms with Crippen molar-refractivity contribution in [2.24, 2.45) is 46.3 Å². The Morgan fingerprint density at radius 2 is 1.79 bits per heavy atom. The van der Waals surface area contributed by atoms with Gasteiger partial charge < -0.3 is 40.2 Å². The van der Waals surface area contributed by atoms with Gasteiger partial charge in [-0.15, -0.1) is 5.10 Å². The molecule has 17 nitrogen and oxygen atoms in total. The van der Waals surface area contributed by atoms with Crippen LogP contribution < -0.4 is 11.1 Å². The first kappa shape index (κ1) is 45.2. The lowest BCUT2D eigenvalue weighted by molar-refractivity contribution is -0.197.